The van der Waals surface area contributed by atoms with Crippen molar-refractivity contribution in [2.24, 2.45) is 5.73 Å². The van der Waals surface area contributed by atoms with Gasteiger partial charge in [0.2, 0.25) is 0 Å². The van der Waals surface area contributed by atoms with Crippen molar-refractivity contribution in [1.29, 1.82) is 5.41 Å². The summed E-state index contributed by atoms with van der Waals surface area (Å²) in [5.74, 6) is 0.952. The molecule has 4 heteroatoms. The van der Waals surface area contributed by atoms with Crippen molar-refractivity contribution in [3.8, 4) is 5.75 Å². The lowest BCUT2D eigenvalue weighted by Gasteiger charge is -2.18. The average molecular weight is 193 g/mol. The molecular weight excluding hydrogens is 178 g/mol. The molecule has 0 bridgehead atoms. The molecule has 4 nitrogen and oxygen atoms in total. The fraction of sp³-hybridized carbons (Fsp3) is 0.300. The predicted molar refractivity (Wildman–Crippen MR) is 58.2 cm³/mol. The summed E-state index contributed by atoms with van der Waals surface area (Å²) in [7, 11) is 3.51. The maximum atomic E-state index is 7.18. The Balaban J connectivity index is 2.78. The molecule has 1 aromatic rings. The van der Waals surface area contributed by atoms with E-state index in [-0.39, 0.29) is 5.84 Å². The number of rotatable bonds is 4. The van der Waals surface area contributed by atoms with Crippen LogP contribution in [0.15, 0.2) is 24.3 Å². The molecule has 0 heterocycles. The molecule has 0 aliphatic heterocycles. The minimum atomic E-state index is 0.148. The Labute approximate surface area is 83.8 Å². The van der Waals surface area contributed by atoms with Crippen LogP contribution >= 0.6 is 0 Å². The smallest absolute Gasteiger partial charge is 0.120 e. The summed E-state index contributed by atoms with van der Waals surface area (Å²) >= 11 is 0. The van der Waals surface area contributed by atoms with Gasteiger partial charge in [0.15, 0.2) is 0 Å². The predicted octanol–water partition coefficient (Wildman–Crippen LogP) is 1.07. The lowest BCUT2D eigenvalue weighted by molar-refractivity contribution is 0.415. The van der Waals surface area contributed by atoms with Crippen LogP contribution in [-0.4, -0.2) is 26.5 Å². The Morgan fingerprint density at radius 1 is 1.57 bits per heavy atom. The van der Waals surface area contributed by atoms with Crippen molar-refractivity contribution in [3.05, 3.63) is 24.3 Å². The monoisotopic (exact) mass is 193 g/mol. The number of benzene rings is 1. The Bertz CT molecular complexity index is 325. The molecule has 0 aromatic heterocycles. The van der Waals surface area contributed by atoms with Gasteiger partial charge < -0.3 is 15.4 Å². The standard InChI is InChI=1S/C10H15N3O/c1-13(7-10(11)12)8-4-3-5-9(6-8)14-2/h3-6H,7H2,1-2H3,(H3,11,12). The van der Waals surface area contributed by atoms with Crippen LogP contribution in [0.1, 0.15) is 0 Å². The van der Waals surface area contributed by atoms with E-state index in [9.17, 15) is 0 Å². The van der Waals surface area contributed by atoms with E-state index in [2.05, 4.69) is 0 Å². The normalized spacial score (nSPS) is 9.57. The zero-order chi connectivity index (χ0) is 10.6. The highest BCUT2D eigenvalue weighted by molar-refractivity contribution is 5.82. The van der Waals surface area contributed by atoms with Crippen molar-refractivity contribution in [2.75, 3.05) is 25.6 Å². The van der Waals surface area contributed by atoms with E-state index < -0.39 is 0 Å². The van der Waals surface area contributed by atoms with Crippen molar-refractivity contribution in [3.63, 3.8) is 0 Å². The zero-order valence-electron chi connectivity index (χ0n) is 8.45. The maximum absolute atomic E-state index is 7.18. The number of nitrogens with zero attached hydrogens (tertiary/aromatic N) is 1. The number of nitrogens with one attached hydrogen (secondary N) is 1. The maximum Gasteiger partial charge on any atom is 0.120 e. The van der Waals surface area contributed by atoms with E-state index in [4.69, 9.17) is 15.9 Å². The summed E-state index contributed by atoms with van der Waals surface area (Å²) < 4.78 is 5.10. The lowest BCUT2D eigenvalue weighted by Crippen LogP contribution is -2.29. The molecule has 0 unspecified atom stereocenters. The summed E-state index contributed by atoms with van der Waals surface area (Å²) in [5, 5.41) is 7.18. The Kier molecular flexibility index (Phi) is 3.34. The van der Waals surface area contributed by atoms with Gasteiger partial charge in [0.05, 0.1) is 13.7 Å². The van der Waals surface area contributed by atoms with Gasteiger partial charge in [-0.05, 0) is 12.1 Å². The van der Waals surface area contributed by atoms with Crippen LogP contribution in [0, 0.1) is 5.41 Å². The molecule has 0 amide bonds. The van der Waals surface area contributed by atoms with E-state index >= 15 is 0 Å². The van der Waals surface area contributed by atoms with Gasteiger partial charge in [0, 0.05) is 18.8 Å². The lowest BCUT2D eigenvalue weighted by atomic mass is 10.3. The number of amidine groups is 1. The minimum Gasteiger partial charge on any atom is -0.497 e. The summed E-state index contributed by atoms with van der Waals surface area (Å²) in [6.07, 6.45) is 0. The van der Waals surface area contributed by atoms with E-state index in [0.717, 1.165) is 11.4 Å². The average Bonchev–Trinajstić information content (AvgIpc) is 2.17. The molecule has 1 rings (SSSR count). The van der Waals surface area contributed by atoms with Crippen molar-refractivity contribution in [2.45, 2.75) is 0 Å². The topological polar surface area (TPSA) is 62.3 Å². The highest BCUT2D eigenvalue weighted by Gasteiger charge is 2.02. The second kappa shape index (κ2) is 4.50. The number of ether oxygens (including phenoxy) is 1. The molecule has 0 saturated heterocycles. The minimum absolute atomic E-state index is 0.148. The molecule has 0 aliphatic carbocycles. The molecule has 0 atom stereocenters. The number of hydrogen-bond donors (Lipinski definition) is 2. The van der Waals surface area contributed by atoms with Gasteiger partial charge in [0.25, 0.3) is 0 Å². The van der Waals surface area contributed by atoms with Gasteiger partial charge in [0.1, 0.15) is 11.6 Å². The Hall–Kier alpha value is -1.71. The molecule has 1 aromatic carbocycles. The van der Waals surface area contributed by atoms with Crippen molar-refractivity contribution in [1.82, 2.24) is 0 Å². The van der Waals surface area contributed by atoms with Crippen LogP contribution in [0.25, 0.3) is 0 Å². The molecule has 0 radical (unpaired) electrons. The molecule has 3 N–H and O–H groups in total. The van der Waals surface area contributed by atoms with Gasteiger partial charge in [-0.15, -0.1) is 0 Å². The third-order valence-electron chi connectivity index (χ3n) is 1.90. The molecule has 0 aliphatic rings. The van der Waals surface area contributed by atoms with Crippen LogP contribution in [0.5, 0.6) is 5.75 Å². The first-order chi connectivity index (χ1) is 6.63. The second-order valence-corrected chi connectivity index (χ2v) is 3.08. The number of methoxy groups -OCH3 is 1. The summed E-state index contributed by atoms with van der Waals surface area (Å²) in [6, 6.07) is 7.64. The van der Waals surface area contributed by atoms with E-state index in [1.807, 2.05) is 36.2 Å². The molecule has 76 valence electrons. The number of likely N-dealkylation sites (N-methyl/N-ethyl adjacent to an activating group) is 1. The summed E-state index contributed by atoms with van der Waals surface area (Å²) in [4.78, 5) is 1.89. The van der Waals surface area contributed by atoms with Crippen molar-refractivity contribution >= 4 is 11.5 Å². The van der Waals surface area contributed by atoms with Gasteiger partial charge in [-0.25, -0.2) is 0 Å². The van der Waals surface area contributed by atoms with Crippen LogP contribution < -0.4 is 15.4 Å². The second-order valence-electron chi connectivity index (χ2n) is 3.08. The largest absolute Gasteiger partial charge is 0.497 e. The van der Waals surface area contributed by atoms with Crippen LogP contribution in [0.4, 0.5) is 5.69 Å². The highest BCUT2D eigenvalue weighted by atomic mass is 16.5. The first kappa shape index (κ1) is 10.4. The van der Waals surface area contributed by atoms with E-state index in [0.29, 0.717) is 6.54 Å². The van der Waals surface area contributed by atoms with Crippen LogP contribution in [-0.2, 0) is 0 Å². The van der Waals surface area contributed by atoms with E-state index in [1.165, 1.54) is 0 Å². The zero-order valence-corrected chi connectivity index (χ0v) is 8.45. The number of hydrogen-bond acceptors (Lipinski definition) is 3. The van der Waals surface area contributed by atoms with Gasteiger partial charge in [-0.2, -0.15) is 0 Å². The van der Waals surface area contributed by atoms with Crippen molar-refractivity contribution < 1.29 is 4.74 Å². The molecular formula is C10H15N3O. The third-order valence-corrected chi connectivity index (χ3v) is 1.90. The summed E-state index contributed by atoms with van der Waals surface area (Å²) in [6.45, 7) is 0.424. The Morgan fingerprint density at radius 2 is 2.29 bits per heavy atom. The van der Waals surface area contributed by atoms with E-state index in [1.54, 1.807) is 7.11 Å². The summed E-state index contributed by atoms with van der Waals surface area (Å²) in [5.41, 5.74) is 6.30. The SMILES string of the molecule is COc1cccc(N(C)CC(=N)N)c1. The Morgan fingerprint density at radius 3 is 2.86 bits per heavy atom. The van der Waals surface area contributed by atoms with Crippen LogP contribution in [0.2, 0.25) is 0 Å². The number of nitrogens with two attached hydrogens (primary N) is 1. The van der Waals surface area contributed by atoms with Gasteiger partial charge in [-0.3, -0.25) is 5.41 Å². The highest BCUT2D eigenvalue weighted by Crippen LogP contribution is 2.19. The number of anilines is 1. The first-order valence-electron chi connectivity index (χ1n) is 4.31. The molecule has 0 fully saturated rings. The third kappa shape index (κ3) is 2.65. The van der Waals surface area contributed by atoms with Gasteiger partial charge in [-0.1, -0.05) is 6.07 Å². The first-order valence-corrected chi connectivity index (χ1v) is 4.31. The quantitative estimate of drug-likeness (QED) is 0.555. The van der Waals surface area contributed by atoms with Crippen LogP contribution in [0.3, 0.4) is 0 Å². The molecule has 0 saturated carbocycles. The fourth-order valence-corrected chi connectivity index (χ4v) is 1.19. The fourth-order valence-electron chi connectivity index (χ4n) is 1.19. The molecule has 0 spiro atoms. The molecule has 14 heavy (non-hydrogen) atoms. The van der Waals surface area contributed by atoms with Gasteiger partial charge >= 0.3 is 0 Å².